The second-order valence-corrected chi connectivity index (χ2v) is 5.64. The molecule has 0 atom stereocenters. The topological polar surface area (TPSA) is 37.0 Å². The van der Waals surface area contributed by atoms with Gasteiger partial charge < -0.3 is 10.6 Å². The minimum atomic E-state index is 0.606. The largest absolute Gasteiger partial charge is 0.367 e. The molecule has 2 rings (SSSR count). The second-order valence-electron chi connectivity index (χ2n) is 5.64. The molecule has 0 bridgehead atoms. The van der Waals surface area contributed by atoms with Gasteiger partial charge in [0.25, 0.3) is 0 Å². The van der Waals surface area contributed by atoms with E-state index in [-0.39, 0.29) is 0 Å². The van der Waals surface area contributed by atoms with Gasteiger partial charge >= 0.3 is 0 Å². The van der Waals surface area contributed by atoms with Crippen LogP contribution in [-0.4, -0.2) is 23.6 Å². The highest BCUT2D eigenvalue weighted by Gasteiger charge is 2.21. The molecular formula is C15H25N3. The van der Waals surface area contributed by atoms with E-state index in [9.17, 15) is 0 Å². The molecule has 3 nitrogen and oxygen atoms in total. The number of nitrogens with zero attached hydrogens (tertiary/aromatic N) is 1. The Morgan fingerprint density at radius 3 is 2.61 bits per heavy atom. The molecule has 0 spiro atoms. The average Bonchev–Trinajstić information content (AvgIpc) is 2.39. The number of anilines is 1. The third-order valence-electron chi connectivity index (χ3n) is 3.68. The lowest BCUT2D eigenvalue weighted by Gasteiger charge is -2.30. The molecule has 0 unspecified atom stereocenters. The van der Waals surface area contributed by atoms with Crippen LogP contribution in [-0.2, 0) is 0 Å². The molecule has 0 radical (unpaired) electrons. The van der Waals surface area contributed by atoms with Crippen LogP contribution >= 0.6 is 0 Å². The van der Waals surface area contributed by atoms with E-state index >= 15 is 0 Å². The maximum atomic E-state index is 4.33. The first-order valence-corrected chi connectivity index (χ1v) is 7.15. The second kappa shape index (κ2) is 6.74. The quantitative estimate of drug-likeness (QED) is 0.839. The maximum absolute atomic E-state index is 4.33. The highest BCUT2D eigenvalue weighted by molar-refractivity contribution is 5.34. The molecule has 0 saturated heterocycles. The van der Waals surface area contributed by atoms with Gasteiger partial charge in [-0.15, -0.1) is 0 Å². The molecule has 1 fully saturated rings. The van der Waals surface area contributed by atoms with E-state index in [1.54, 1.807) is 0 Å². The lowest BCUT2D eigenvalue weighted by Crippen LogP contribution is -2.33. The molecule has 1 aliphatic rings. The van der Waals surface area contributed by atoms with Crippen LogP contribution in [0, 0.1) is 5.92 Å². The summed E-state index contributed by atoms with van der Waals surface area (Å²) in [7, 11) is 0. The summed E-state index contributed by atoms with van der Waals surface area (Å²) in [5, 5.41) is 7.08. The van der Waals surface area contributed by atoms with E-state index in [1.807, 2.05) is 24.4 Å². The zero-order valence-electron chi connectivity index (χ0n) is 11.5. The van der Waals surface area contributed by atoms with Crippen LogP contribution in [0.5, 0.6) is 0 Å². The fraction of sp³-hybridized carbons (Fsp3) is 0.667. The van der Waals surface area contributed by atoms with Crippen LogP contribution in [0.1, 0.15) is 39.5 Å². The molecule has 0 aromatic carbocycles. The van der Waals surface area contributed by atoms with Crippen molar-refractivity contribution < 1.29 is 0 Å². The zero-order valence-corrected chi connectivity index (χ0v) is 11.5. The van der Waals surface area contributed by atoms with Crippen LogP contribution in [0.3, 0.4) is 0 Å². The van der Waals surface area contributed by atoms with Crippen LogP contribution in [0.25, 0.3) is 0 Å². The van der Waals surface area contributed by atoms with E-state index in [1.165, 1.54) is 32.2 Å². The van der Waals surface area contributed by atoms with Gasteiger partial charge in [0.1, 0.15) is 5.82 Å². The van der Waals surface area contributed by atoms with Crippen molar-refractivity contribution in [2.45, 2.75) is 51.6 Å². The standard InChI is InChI=1S/C15H25N3/c1-12(2)17-11-13-6-8-14(9-7-13)18-15-5-3-4-10-16-15/h3-5,10,12-14,17H,6-9,11H2,1-2H3,(H,16,18). The van der Waals surface area contributed by atoms with Gasteiger partial charge in [-0.3, -0.25) is 0 Å². The minimum absolute atomic E-state index is 0.606. The first-order valence-electron chi connectivity index (χ1n) is 7.15. The number of nitrogens with one attached hydrogen (secondary N) is 2. The molecule has 1 heterocycles. The number of pyridine rings is 1. The number of aromatic nitrogens is 1. The Morgan fingerprint density at radius 1 is 1.22 bits per heavy atom. The summed E-state index contributed by atoms with van der Waals surface area (Å²) < 4.78 is 0. The monoisotopic (exact) mass is 247 g/mol. The van der Waals surface area contributed by atoms with Gasteiger partial charge in [-0.25, -0.2) is 4.98 Å². The summed E-state index contributed by atoms with van der Waals surface area (Å²) in [6.45, 7) is 5.61. The van der Waals surface area contributed by atoms with E-state index in [4.69, 9.17) is 0 Å². The van der Waals surface area contributed by atoms with E-state index in [0.717, 1.165) is 11.7 Å². The smallest absolute Gasteiger partial charge is 0.126 e. The lowest BCUT2D eigenvalue weighted by molar-refractivity contribution is 0.317. The lowest BCUT2D eigenvalue weighted by atomic mass is 9.86. The highest BCUT2D eigenvalue weighted by atomic mass is 15.0. The van der Waals surface area contributed by atoms with E-state index in [2.05, 4.69) is 29.5 Å². The van der Waals surface area contributed by atoms with Crippen molar-refractivity contribution in [1.29, 1.82) is 0 Å². The number of hydrogen-bond donors (Lipinski definition) is 2. The Balaban J connectivity index is 1.70. The normalized spacial score (nSPS) is 24.2. The van der Waals surface area contributed by atoms with E-state index in [0.29, 0.717) is 12.1 Å². The SMILES string of the molecule is CC(C)NCC1CCC(Nc2ccccn2)CC1. The molecule has 100 valence electrons. The van der Waals surface area contributed by atoms with E-state index < -0.39 is 0 Å². The van der Waals surface area contributed by atoms with Crippen LogP contribution < -0.4 is 10.6 Å². The Morgan fingerprint density at radius 2 is 2.00 bits per heavy atom. The molecule has 1 aromatic rings. The van der Waals surface area contributed by atoms with Crippen molar-refractivity contribution in [3.05, 3.63) is 24.4 Å². The van der Waals surface area contributed by atoms with Crippen molar-refractivity contribution in [2.24, 2.45) is 5.92 Å². The van der Waals surface area contributed by atoms with Crippen molar-refractivity contribution in [1.82, 2.24) is 10.3 Å². The molecule has 3 heteroatoms. The number of hydrogen-bond acceptors (Lipinski definition) is 3. The van der Waals surface area contributed by atoms with Gasteiger partial charge in [-0.05, 0) is 50.3 Å². The third kappa shape index (κ3) is 4.30. The summed E-state index contributed by atoms with van der Waals surface area (Å²) >= 11 is 0. The Bertz CT molecular complexity index is 329. The Hall–Kier alpha value is -1.09. The predicted octanol–water partition coefficient (Wildman–Crippen LogP) is 3.05. The molecular weight excluding hydrogens is 222 g/mol. The zero-order chi connectivity index (χ0) is 12.8. The van der Waals surface area contributed by atoms with Gasteiger partial charge in [-0.2, -0.15) is 0 Å². The van der Waals surface area contributed by atoms with Crippen molar-refractivity contribution in [3.8, 4) is 0 Å². The Kier molecular flexibility index (Phi) is 5.00. The molecule has 0 aliphatic heterocycles. The molecule has 0 amide bonds. The summed E-state index contributed by atoms with van der Waals surface area (Å²) in [5.41, 5.74) is 0. The fourth-order valence-corrected chi connectivity index (χ4v) is 2.57. The van der Waals surface area contributed by atoms with Gasteiger partial charge in [0.2, 0.25) is 0 Å². The predicted molar refractivity (Wildman–Crippen MR) is 76.7 cm³/mol. The van der Waals surface area contributed by atoms with Gasteiger partial charge in [0.05, 0.1) is 0 Å². The Labute approximate surface area is 110 Å². The van der Waals surface area contributed by atoms with Gasteiger partial charge in [0, 0.05) is 18.3 Å². The maximum Gasteiger partial charge on any atom is 0.126 e. The summed E-state index contributed by atoms with van der Waals surface area (Å²) in [6.07, 6.45) is 7.02. The molecule has 1 saturated carbocycles. The fourth-order valence-electron chi connectivity index (χ4n) is 2.57. The number of rotatable bonds is 5. The van der Waals surface area contributed by atoms with Crippen LogP contribution in [0.4, 0.5) is 5.82 Å². The molecule has 1 aliphatic carbocycles. The van der Waals surface area contributed by atoms with Gasteiger partial charge in [-0.1, -0.05) is 19.9 Å². The summed E-state index contributed by atoms with van der Waals surface area (Å²) in [5.74, 6) is 1.87. The molecule has 2 N–H and O–H groups in total. The summed E-state index contributed by atoms with van der Waals surface area (Å²) in [6, 6.07) is 7.25. The van der Waals surface area contributed by atoms with Crippen LogP contribution in [0.15, 0.2) is 24.4 Å². The van der Waals surface area contributed by atoms with Gasteiger partial charge in [0.15, 0.2) is 0 Å². The molecule has 1 aromatic heterocycles. The third-order valence-corrected chi connectivity index (χ3v) is 3.68. The minimum Gasteiger partial charge on any atom is -0.367 e. The first-order chi connectivity index (χ1) is 8.74. The summed E-state index contributed by atoms with van der Waals surface area (Å²) in [4.78, 5) is 4.33. The highest BCUT2D eigenvalue weighted by Crippen LogP contribution is 2.25. The first kappa shape index (κ1) is 13.3. The van der Waals surface area contributed by atoms with Crippen molar-refractivity contribution in [3.63, 3.8) is 0 Å². The van der Waals surface area contributed by atoms with Crippen molar-refractivity contribution in [2.75, 3.05) is 11.9 Å². The van der Waals surface area contributed by atoms with Crippen molar-refractivity contribution >= 4 is 5.82 Å². The van der Waals surface area contributed by atoms with Crippen LogP contribution in [0.2, 0.25) is 0 Å². The molecule has 18 heavy (non-hydrogen) atoms. The average molecular weight is 247 g/mol.